The molecule has 1 aromatic carbocycles. The fourth-order valence-corrected chi connectivity index (χ4v) is 4.48. The summed E-state index contributed by atoms with van der Waals surface area (Å²) in [6.07, 6.45) is 4.39. The molecule has 7 nitrogen and oxygen atoms in total. The number of ether oxygens (including phenoxy) is 1. The summed E-state index contributed by atoms with van der Waals surface area (Å²) >= 11 is 0. The van der Waals surface area contributed by atoms with E-state index >= 15 is 0 Å². The van der Waals surface area contributed by atoms with Crippen LogP contribution < -0.4 is 10.6 Å². The molecule has 0 amide bonds. The van der Waals surface area contributed by atoms with Gasteiger partial charge in [-0.1, -0.05) is 43.7 Å². The predicted molar refractivity (Wildman–Crippen MR) is 139 cm³/mol. The van der Waals surface area contributed by atoms with Crippen LogP contribution in [0.15, 0.2) is 29.3 Å². The molecular weight excluding hydrogens is 515 g/mol. The molecule has 2 aromatic rings. The second kappa shape index (κ2) is 11.4. The second-order valence-corrected chi connectivity index (χ2v) is 9.16. The van der Waals surface area contributed by atoms with E-state index in [9.17, 15) is 0 Å². The minimum absolute atomic E-state index is 0. The molecule has 2 N–H and O–H groups in total. The van der Waals surface area contributed by atoms with Crippen LogP contribution in [0.25, 0.3) is 0 Å². The maximum absolute atomic E-state index is 6.17. The number of fused-ring (bicyclic) bond motifs is 1. The van der Waals surface area contributed by atoms with Crippen molar-refractivity contribution in [1.82, 2.24) is 25.4 Å². The number of aliphatic imine (C=N–C) groups is 1. The van der Waals surface area contributed by atoms with Gasteiger partial charge in [0.2, 0.25) is 0 Å². The van der Waals surface area contributed by atoms with Crippen LogP contribution >= 0.6 is 24.0 Å². The number of aromatic nitrogens is 3. The zero-order valence-corrected chi connectivity index (χ0v) is 22.0. The van der Waals surface area contributed by atoms with E-state index in [0.717, 1.165) is 63.0 Å². The molecule has 1 aromatic heterocycles. The second-order valence-electron chi connectivity index (χ2n) is 9.16. The van der Waals surface area contributed by atoms with Gasteiger partial charge in [0.05, 0.1) is 12.6 Å². The average molecular weight is 553 g/mol. The first kappa shape index (κ1) is 25.0. The standard InChI is InChI=1S/C24H36N6O.HI/c1-16(2)23-28-21-12-11-20(15-30(21)29-23)27-24(25-4)26-14-19-6-5-13-31-22(19)18-9-7-17(3)8-10-18;/h7-10,16,19-20,22H,5-6,11-15H2,1-4H3,(H2,25,26,27);1H. The summed E-state index contributed by atoms with van der Waals surface area (Å²) in [5, 5.41) is 11.8. The van der Waals surface area contributed by atoms with E-state index in [1.807, 2.05) is 7.05 Å². The van der Waals surface area contributed by atoms with E-state index in [1.54, 1.807) is 0 Å². The van der Waals surface area contributed by atoms with Gasteiger partial charge in [0, 0.05) is 44.5 Å². The van der Waals surface area contributed by atoms with Gasteiger partial charge in [-0.3, -0.25) is 4.99 Å². The Morgan fingerprint density at radius 2 is 2.03 bits per heavy atom. The monoisotopic (exact) mass is 552 g/mol. The smallest absolute Gasteiger partial charge is 0.191 e. The van der Waals surface area contributed by atoms with Crippen molar-refractivity contribution in [3.8, 4) is 0 Å². The van der Waals surface area contributed by atoms with Crippen molar-refractivity contribution in [2.45, 2.75) is 71.1 Å². The summed E-state index contributed by atoms with van der Waals surface area (Å²) in [6, 6.07) is 9.05. The molecule has 2 aliphatic rings. The van der Waals surface area contributed by atoms with Gasteiger partial charge in [0.15, 0.2) is 11.8 Å². The van der Waals surface area contributed by atoms with E-state index in [1.165, 1.54) is 11.1 Å². The van der Waals surface area contributed by atoms with Crippen LogP contribution in [-0.4, -0.2) is 47.0 Å². The summed E-state index contributed by atoms with van der Waals surface area (Å²) in [5.41, 5.74) is 2.55. The van der Waals surface area contributed by atoms with Crippen molar-refractivity contribution in [3.05, 3.63) is 47.0 Å². The minimum atomic E-state index is 0. The molecule has 2 aliphatic heterocycles. The first-order valence-corrected chi connectivity index (χ1v) is 11.6. The number of aryl methyl sites for hydroxylation is 2. The topological polar surface area (TPSA) is 76.4 Å². The molecule has 8 heteroatoms. The van der Waals surface area contributed by atoms with Crippen molar-refractivity contribution >= 4 is 29.9 Å². The highest BCUT2D eigenvalue weighted by Crippen LogP contribution is 2.33. The number of nitrogens with zero attached hydrogens (tertiary/aromatic N) is 4. The predicted octanol–water partition coefficient (Wildman–Crippen LogP) is 3.98. The number of hydrogen-bond acceptors (Lipinski definition) is 4. The Bertz CT molecular complexity index is 894. The Hall–Kier alpha value is -1.68. The lowest BCUT2D eigenvalue weighted by molar-refractivity contribution is -0.0265. The molecule has 1 saturated heterocycles. The van der Waals surface area contributed by atoms with Gasteiger partial charge in [0.25, 0.3) is 0 Å². The van der Waals surface area contributed by atoms with Crippen molar-refractivity contribution < 1.29 is 4.74 Å². The molecule has 0 aliphatic carbocycles. The fraction of sp³-hybridized carbons (Fsp3) is 0.625. The first-order chi connectivity index (χ1) is 15.0. The Morgan fingerprint density at radius 3 is 2.75 bits per heavy atom. The Labute approximate surface area is 208 Å². The lowest BCUT2D eigenvalue weighted by Gasteiger charge is -2.33. The minimum Gasteiger partial charge on any atom is -0.373 e. The van der Waals surface area contributed by atoms with E-state index in [4.69, 9.17) is 9.84 Å². The van der Waals surface area contributed by atoms with Crippen LogP contribution in [0.2, 0.25) is 0 Å². The number of guanidine groups is 1. The third-order valence-corrected chi connectivity index (χ3v) is 6.34. The zero-order chi connectivity index (χ0) is 21.8. The molecule has 3 heterocycles. The Balaban J connectivity index is 0.00000289. The van der Waals surface area contributed by atoms with E-state index < -0.39 is 0 Å². The van der Waals surface area contributed by atoms with Gasteiger partial charge in [-0.05, 0) is 31.7 Å². The summed E-state index contributed by atoms with van der Waals surface area (Å²) in [6.45, 7) is 8.91. The SMILES string of the molecule is CN=C(NCC1CCCOC1c1ccc(C)cc1)NC1CCc2nc(C(C)C)nn2C1.I. The molecular formula is C24H37IN6O. The highest BCUT2D eigenvalue weighted by molar-refractivity contribution is 14.0. The van der Waals surface area contributed by atoms with Gasteiger partial charge < -0.3 is 15.4 Å². The number of halogens is 1. The van der Waals surface area contributed by atoms with Crippen LogP contribution in [0.1, 0.15) is 67.9 Å². The van der Waals surface area contributed by atoms with Crippen molar-refractivity contribution in [3.63, 3.8) is 0 Å². The summed E-state index contributed by atoms with van der Waals surface area (Å²) in [4.78, 5) is 9.16. The largest absolute Gasteiger partial charge is 0.373 e. The normalized spacial score (nSPS) is 23.4. The number of rotatable bonds is 5. The average Bonchev–Trinajstić information content (AvgIpc) is 3.21. The summed E-state index contributed by atoms with van der Waals surface area (Å²) in [7, 11) is 1.84. The molecule has 32 heavy (non-hydrogen) atoms. The third kappa shape index (κ3) is 6.01. The van der Waals surface area contributed by atoms with E-state index in [0.29, 0.717) is 17.9 Å². The van der Waals surface area contributed by atoms with Crippen molar-refractivity contribution in [1.29, 1.82) is 0 Å². The van der Waals surface area contributed by atoms with E-state index in [2.05, 4.69) is 70.3 Å². The number of nitrogens with one attached hydrogen (secondary N) is 2. The zero-order valence-electron chi connectivity index (χ0n) is 19.7. The molecule has 1 fully saturated rings. The Morgan fingerprint density at radius 1 is 1.25 bits per heavy atom. The van der Waals surface area contributed by atoms with Gasteiger partial charge in [-0.25, -0.2) is 9.67 Å². The summed E-state index contributed by atoms with van der Waals surface area (Å²) in [5.74, 6) is 3.68. The molecule has 0 saturated carbocycles. The number of benzene rings is 1. The third-order valence-electron chi connectivity index (χ3n) is 6.34. The highest BCUT2D eigenvalue weighted by atomic mass is 127. The van der Waals surface area contributed by atoms with E-state index in [-0.39, 0.29) is 30.1 Å². The molecule has 176 valence electrons. The molecule has 3 atom stereocenters. The molecule has 0 radical (unpaired) electrons. The molecule has 4 rings (SSSR count). The van der Waals surface area contributed by atoms with Crippen LogP contribution in [0.4, 0.5) is 0 Å². The number of hydrogen-bond donors (Lipinski definition) is 2. The van der Waals surface area contributed by atoms with Gasteiger partial charge >= 0.3 is 0 Å². The van der Waals surface area contributed by atoms with Crippen LogP contribution in [0.3, 0.4) is 0 Å². The van der Waals surface area contributed by atoms with Gasteiger partial charge in [0.1, 0.15) is 5.82 Å². The summed E-state index contributed by atoms with van der Waals surface area (Å²) < 4.78 is 8.24. The molecule has 3 unspecified atom stereocenters. The highest BCUT2D eigenvalue weighted by Gasteiger charge is 2.28. The lowest BCUT2D eigenvalue weighted by atomic mass is 9.89. The molecule has 0 spiro atoms. The molecule has 0 bridgehead atoms. The maximum Gasteiger partial charge on any atom is 0.191 e. The van der Waals surface area contributed by atoms with Crippen LogP contribution in [-0.2, 0) is 17.7 Å². The van der Waals surface area contributed by atoms with Crippen molar-refractivity contribution in [2.75, 3.05) is 20.2 Å². The lowest BCUT2D eigenvalue weighted by Crippen LogP contribution is -2.48. The quantitative estimate of drug-likeness (QED) is 0.334. The van der Waals surface area contributed by atoms with Crippen LogP contribution in [0, 0.1) is 12.8 Å². The van der Waals surface area contributed by atoms with Crippen LogP contribution in [0.5, 0.6) is 0 Å². The maximum atomic E-state index is 6.17. The fourth-order valence-electron chi connectivity index (χ4n) is 4.48. The Kier molecular flexibility index (Phi) is 8.93. The van der Waals surface area contributed by atoms with Crippen molar-refractivity contribution in [2.24, 2.45) is 10.9 Å². The van der Waals surface area contributed by atoms with Gasteiger partial charge in [-0.2, -0.15) is 5.10 Å². The van der Waals surface area contributed by atoms with Gasteiger partial charge in [-0.15, -0.1) is 24.0 Å². The first-order valence-electron chi connectivity index (χ1n) is 11.6.